The van der Waals surface area contributed by atoms with Crippen LogP contribution in [0.1, 0.15) is 19.8 Å². The second kappa shape index (κ2) is 6.41. The summed E-state index contributed by atoms with van der Waals surface area (Å²) in [7, 11) is 0. The molecule has 0 unspecified atom stereocenters. The molecule has 1 aromatic carbocycles. The molecule has 2 rings (SSSR count). The van der Waals surface area contributed by atoms with Gasteiger partial charge >= 0.3 is 6.03 Å². The number of nitrogens with zero attached hydrogens (tertiary/aromatic N) is 1. The predicted molar refractivity (Wildman–Crippen MR) is 73.7 cm³/mol. The van der Waals surface area contributed by atoms with E-state index in [-0.39, 0.29) is 17.9 Å². The molecular formula is C14H20FN3O. The number of piperidine rings is 1. The van der Waals surface area contributed by atoms with Gasteiger partial charge in [-0.3, -0.25) is 0 Å². The third-order valence-electron chi connectivity index (χ3n) is 3.34. The van der Waals surface area contributed by atoms with Crippen molar-refractivity contribution in [3.8, 4) is 0 Å². The molecule has 0 aromatic heterocycles. The van der Waals surface area contributed by atoms with Crippen molar-refractivity contribution in [1.29, 1.82) is 0 Å². The van der Waals surface area contributed by atoms with Crippen molar-refractivity contribution in [1.82, 2.24) is 10.2 Å². The number of urea groups is 1. The van der Waals surface area contributed by atoms with Gasteiger partial charge in [0.05, 0.1) is 5.69 Å². The maximum absolute atomic E-state index is 13.5. The molecule has 5 heteroatoms. The fourth-order valence-electron chi connectivity index (χ4n) is 2.29. The van der Waals surface area contributed by atoms with Gasteiger partial charge in [-0.15, -0.1) is 0 Å². The maximum Gasteiger partial charge on any atom is 0.317 e. The molecule has 0 spiro atoms. The molecule has 4 nitrogen and oxygen atoms in total. The summed E-state index contributed by atoms with van der Waals surface area (Å²) in [6, 6.07) is 6.90. The SMILES string of the molecule is CCNC(=O)N1CCC(Nc2ccccc2F)CC1. The molecule has 0 aliphatic carbocycles. The Morgan fingerprint density at radius 3 is 2.68 bits per heavy atom. The number of para-hydroxylation sites is 1. The lowest BCUT2D eigenvalue weighted by Crippen LogP contribution is -2.46. The van der Waals surface area contributed by atoms with Crippen LogP contribution in [0.15, 0.2) is 24.3 Å². The number of carbonyl (C=O) groups is 1. The summed E-state index contributed by atoms with van der Waals surface area (Å²) in [5.41, 5.74) is 0.541. The number of nitrogens with one attached hydrogen (secondary N) is 2. The topological polar surface area (TPSA) is 44.4 Å². The number of amides is 2. The summed E-state index contributed by atoms with van der Waals surface area (Å²) in [5, 5.41) is 6.00. The summed E-state index contributed by atoms with van der Waals surface area (Å²) in [6.45, 7) is 3.96. The van der Waals surface area contributed by atoms with Crippen molar-refractivity contribution < 1.29 is 9.18 Å². The van der Waals surface area contributed by atoms with E-state index in [4.69, 9.17) is 0 Å². The smallest absolute Gasteiger partial charge is 0.317 e. The first-order chi connectivity index (χ1) is 9.20. The number of halogens is 1. The number of hydrogen-bond donors (Lipinski definition) is 2. The summed E-state index contributed by atoms with van der Waals surface area (Å²) < 4.78 is 13.5. The van der Waals surface area contributed by atoms with E-state index in [1.54, 1.807) is 12.1 Å². The Morgan fingerprint density at radius 2 is 2.05 bits per heavy atom. The normalized spacial score (nSPS) is 16.2. The lowest BCUT2D eigenvalue weighted by atomic mass is 10.0. The summed E-state index contributed by atoms with van der Waals surface area (Å²) >= 11 is 0. The van der Waals surface area contributed by atoms with Crippen LogP contribution in [-0.4, -0.2) is 36.6 Å². The van der Waals surface area contributed by atoms with Crippen molar-refractivity contribution >= 4 is 11.7 Å². The third kappa shape index (κ3) is 3.59. The van der Waals surface area contributed by atoms with E-state index >= 15 is 0 Å². The van der Waals surface area contributed by atoms with Crippen LogP contribution in [0, 0.1) is 5.82 Å². The molecule has 1 heterocycles. The molecule has 1 fully saturated rings. The second-order valence-electron chi connectivity index (χ2n) is 4.72. The molecule has 1 aliphatic heterocycles. The van der Waals surface area contributed by atoms with Gasteiger partial charge in [0.1, 0.15) is 5.82 Å². The number of carbonyl (C=O) groups excluding carboxylic acids is 1. The van der Waals surface area contributed by atoms with E-state index in [1.807, 2.05) is 17.9 Å². The van der Waals surface area contributed by atoms with Gasteiger partial charge in [0.25, 0.3) is 0 Å². The monoisotopic (exact) mass is 265 g/mol. The molecule has 0 bridgehead atoms. The van der Waals surface area contributed by atoms with Crippen molar-refractivity contribution in [2.45, 2.75) is 25.8 Å². The highest BCUT2D eigenvalue weighted by molar-refractivity contribution is 5.74. The fraction of sp³-hybridized carbons (Fsp3) is 0.500. The van der Waals surface area contributed by atoms with Crippen LogP contribution in [0.4, 0.5) is 14.9 Å². The molecular weight excluding hydrogens is 245 g/mol. The first-order valence-corrected chi connectivity index (χ1v) is 6.74. The minimum absolute atomic E-state index is 0.00755. The van der Waals surface area contributed by atoms with Crippen LogP contribution in [0.5, 0.6) is 0 Å². The van der Waals surface area contributed by atoms with Gasteiger partial charge in [-0.1, -0.05) is 12.1 Å². The van der Waals surface area contributed by atoms with E-state index in [0.717, 1.165) is 12.8 Å². The minimum atomic E-state index is -0.228. The van der Waals surface area contributed by atoms with Gasteiger partial charge in [0.2, 0.25) is 0 Å². The van der Waals surface area contributed by atoms with Crippen molar-refractivity contribution in [2.75, 3.05) is 25.0 Å². The zero-order valence-corrected chi connectivity index (χ0v) is 11.2. The van der Waals surface area contributed by atoms with Crippen LogP contribution in [0.2, 0.25) is 0 Å². The van der Waals surface area contributed by atoms with Crippen LogP contribution >= 0.6 is 0 Å². The van der Waals surface area contributed by atoms with E-state index < -0.39 is 0 Å². The van der Waals surface area contributed by atoms with Crippen LogP contribution in [0.25, 0.3) is 0 Å². The summed E-state index contributed by atoms with van der Waals surface area (Å²) in [6.07, 6.45) is 1.68. The molecule has 0 atom stereocenters. The number of likely N-dealkylation sites (tertiary alicyclic amines) is 1. The standard InChI is InChI=1S/C14H20FN3O/c1-2-16-14(19)18-9-7-11(8-10-18)17-13-6-4-3-5-12(13)15/h3-6,11,17H,2,7-10H2,1H3,(H,16,19). The third-order valence-corrected chi connectivity index (χ3v) is 3.34. The highest BCUT2D eigenvalue weighted by atomic mass is 19.1. The average molecular weight is 265 g/mol. The molecule has 1 saturated heterocycles. The van der Waals surface area contributed by atoms with E-state index in [9.17, 15) is 9.18 Å². The second-order valence-corrected chi connectivity index (χ2v) is 4.72. The Morgan fingerprint density at radius 1 is 1.37 bits per heavy atom. The molecule has 1 aliphatic rings. The Bertz CT molecular complexity index is 430. The lowest BCUT2D eigenvalue weighted by Gasteiger charge is -2.32. The van der Waals surface area contributed by atoms with Crippen molar-refractivity contribution in [3.05, 3.63) is 30.1 Å². The Hall–Kier alpha value is -1.78. The molecule has 104 valence electrons. The molecule has 0 radical (unpaired) electrons. The summed E-state index contributed by atoms with van der Waals surface area (Å²) in [5.74, 6) is -0.228. The molecule has 0 saturated carbocycles. The lowest BCUT2D eigenvalue weighted by molar-refractivity contribution is 0.184. The minimum Gasteiger partial charge on any atom is -0.380 e. The Balaban J connectivity index is 1.84. The van der Waals surface area contributed by atoms with Crippen LogP contribution in [-0.2, 0) is 0 Å². The van der Waals surface area contributed by atoms with Gasteiger partial charge in [-0.25, -0.2) is 9.18 Å². The molecule has 1 aromatic rings. The first kappa shape index (κ1) is 13.6. The zero-order chi connectivity index (χ0) is 13.7. The summed E-state index contributed by atoms with van der Waals surface area (Å²) in [4.78, 5) is 13.5. The molecule has 2 amide bonds. The van der Waals surface area contributed by atoms with Gasteiger partial charge < -0.3 is 15.5 Å². The quantitative estimate of drug-likeness (QED) is 0.881. The Labute approximate surface area is 113 Å². The Kier molecular flexibility index (Phi) is 4.60. The predicted octanol–water partition coefficient (Wildman–Crippen LogP) is 2.43. The van der Waals surface area contributed by atoms with E-state index in [0.29, 0.717) is 25.3 Å². The largest absolute Gasteiger partial charge is 0.380 e. The van der Waals surface area contributed by atoms with Crippen LogP contribution < -0.4 is 10.6 Å². The first-order valence-electron chi connectivity index (χ1n) is 6.74. The molecule has 2 N–H and O–H groups in total. The van der Waals surface area contributed by atoms with Gasteiger partial charge in [-0.2, -0.15) is 0 Å². The van der Waals surface area contributed by atoms with Gasteiger partial charge in [0.15, 0.2) is 0 Å². The number of anilines is 1. The maximum atomic E-state index is 13.5. The number of benzene rings is 1. The number of hydrogen-bond acceptors (Lipinski definition) is 2. The molecule has 19 heavy (non-hydrogen) atoms. The fourth-order valence-corrected chi connectivity index (χ4v) is 2.29. The van der Waals surface area contributed by atoms with Crippen molar-refractivity contribution in [3.63, 3.8) is 0 Å². The van der Waals surface area contributed by atoms with Gasteiger partial charge in [-0.05, 0) is 31.9 Å². The average Bonchev–Trinajstić information content (AvgIpc) is 2.42. The van der Waals surface area contributed by atoms with E-state index in [2.05, 4.69) is 10.6 Å². The zero-order valence-electron chi connectivity index (χ0n) is 11.2. The highest BCUT2D eigenvalue weighted by Gasteiger charge is 2.22. The number of rotatable bonds is 3. The van der Waals surface area contributed by atoms with Gasteiger partial charge in [0, 0.05) is 25.7 Å². The highest BCUT2D eigenvalue weighted by Crippen LogP contribution is 2.19. The van der Waals surface area contributed by atoms with Crippen molar-refractivity contribution in [2.24, 2.45) is 0 Å². The van der Waals surface area contributed by atoms with E-state index in [1.165, 1.54) is 6.07 Å². The van der Waals surface area contributed by atoms with Crippen LogP contribution in [0.3, 0.4) is 0 Å².